The van der Waals surface area contributed by atoms with E-state index in [1.54, 1.807) is 12.1 Å². The number of nitrogens with zero attached hydrogens (tertiary/aromatic N) is 2. The molecule has 1 N–H and O–H groups in total. The van der Waals surface area contributed by atoms with Crippen LogP contribution in [-0.2, 0) is 5.75 Å². The molecule has 106 valence electrons. The first-order valence-corrected chi connectivity index (χ1v) is 7.63. The van der Waals surface area contributed by atoms with Crippen LogP contribution < -0.4 is 5.32 Å². The molecule has 1 aromatic carbocycles. The van der Waals surface area contributed by atoms with E-state index in [2.05, 4.69) is 22.4 Å². The molecule has 1 saturated heterocycles. The topological polar surface area (TPSA) is 51.0 Å². The normalized spacial score (nSPS) is 16.9. The molecule has 1 fully saturated rings. The molecule has 3 rings (SSSR count). The SMILES string of the molecule is CC(c1nc(CSc2ccccc2F)no1)C1CNC1. The third-order valence-corrected chi connectivity index (χ3v) is 4.63. The van der Waals surface area contributed by atoms with Crippen LogP contribution in [-0.4, -0.2) is 23.2 Å². The Morgan fingerprint density at radius 2 is 2.25 bits per heavy atom. The minimum Gasteiger partial charge on any atom is -0.339 e. The zero-order chi connectivity index (χ0) is 13.9. The number of hydrogen-bond donors (Lipinski definition) is 1. The van der Waals surface area contributed by atoms with Crippen molar-refractivity contribution in [2.45, 2.75) is 23.5 Å². The van der Waals surface area contributed by atoms with Crippen LogP contribution in [0.25, 0.3) is 0 Å². The van der Waals surface area contributed by atoms with E-state index in [0.29, 0.717) is 28.3 Å². The van der Waals surface area contributed by atoms with Gasteiger partial charge in [0.15, 0.2) is 5.82 Å². The average molecular weight is 293 g/mol. The first-order chi connectivity index (χ1) is 9.74. The summed E-state index contributed by atoms with van der Waals surface area (Å²) in [6.07, 6.45) is 0. The highest BCUT2D eigenvalue weighted by atomic mass is 32.2. The maximum atomic E-state index is 13.5. The van der Waals surface area contributed by atoms with Crippen molar-refractivity contribution < 1.29 is 8.91 Å². The molecule has 6 heteroatoms. The summed E-state index contributed by atoms with van der Waals surface area (Å²) >= 11 is 1.38. The van der Waals surface area contributed by atoms with E-state index in [1.165, 1.54) is 17.8 Å². The monoisotopic (exact) mass is 293 g/mol. The van der Waals surface area contributed by atoms with E-state index in [4.69, 9.17) is 4.52 Å². The fourth-order valence-corrected chi connectivity index (χ4v) is 2.86. The second-order valence-electron chi connectivity index (χ2n) is 4.97. The molecular formula is C14H16FN3OS. The van der Waals surface area contributed by atoms with Crippen LogP contribution in [0.1, 0.15) is 24.6 Å². The molecule has 0 amide bonds. The molecule has 1 atom stereocenters. The maximum absolute atomic E-state index is 13.5. The lowest BCUT2D eigenvalue weighted by Gasteiger charge is -2.30. The van der Waals surface area contributed by atoms with Crippen LogP contribution in [0.15, 0.2) is 33.7 Å². The Morgan fingerprint density at radius 1 is 1.45 bits per heavy atom. The fraction of sp³-hybridized carbons (Fsp3) is 0.429. The van der Waals surface area contributed by atoms with E-state index >= 15 is 0 Å². The third kappa shape index (κ3) is 2.86. The lowest BCUT2D eigenvalue weighted by molar-refractivity contribution is 0.252. The van der Waals surface area contributed by atoms with Gasteiger partial charge in [-0.3, -0.25) is 0 Å². The molecule has 0 aliphatic carbocycles. The van der Waals surface area contributed by atoms with Gasteiger partial charge in [-0.2, -0.15) is 4.98 Å². The van der Waals surface area contributed by atoms with Crippen LogP contribution in [0.5, 0.6) is 0 Å². The van der Waals surface area contributed by atoms with Gasteiger partial charge in [-0.1, -0.05) is 24.2 Å². The number of nitrogens with one attached hydrogen (secondary N) is 1. The van der Waals surface area contributed by atoms with Gasteiger partial charge < -0.3 is 9.84 Å². The first kappa shape index (κ1) is 13.6. The first-order valence-electron chi connectivity index (χ1n) is 6.64. The van der Waals surface area contributed by atoms with Gasteiger partial charge in [0.2, 0.25) is 5.89 Å². The zero-order valence-electron chi connectivity index (χ0n) is 11.2. The zero-order valence-corrected chi connectivity index (χ0v) is 12.0. The Bertz CT molecular complexity index is 585. The van der Waals surface area contributed by atoms with Gasteiger partial charge in [-0.25, -0.2) is 4.39 Å². The van der Waals surface area contributed by atoms with Crippen molar-refractivity contribution in [3.05, 3.63) is 41.8 Å². The van der Waals surface area contributed by atoms with E-state index in [9.17, 15) is 4.39 Å². The molecule has 2 aromatic rings. The highest BCUT2D eigenvalue weighted by Crippen LogP contribution is 2.28. The van der Waals surface area contributed by atoms with Gasteiger partial charge >= 0.3 is 0 Å². The van der Waals surface area contributed by atoms with Crippen molar-refractivity contribution >= 4 is 11.8 Å². The van der Waals surface area contributed by atoms with E-state index in [1.807, 2.05) is 6.07 Å². The predicted molar refractivity (Wildman–Crippen MR) is 75.0 cm³/mol. The molecule has 4 nitrogen and oxygen atoms in total. The number of hydrogen-bond acceptors (Lipinski definition) is 5. The van der Waals surface area contributed by atoms with Gasteiger partial charge in [0.1, 0.15) is 5.82 Å². The molecule has 0 bridgehead atoms. The molecule has 1 unspecified atom stereocenters. The quantitative estimate of drug-likeness (QED) is 0.859. The minimum atomic E-state index is -0.213. The van der Waals surface area contributed by atoms with Crippen LogP contribution in [0, 0.1) is 11.7 Å². The van der Waals surface area contributed by atoms with Crippen LogP contribution in [0.2, 0.25) is 0 Å². The number of halogens is 1. The Morgan fingerprint density at radius 3 is 2.95 bits per heavy atom. The third-order valence-electron chi connectivity index (χ3n) is 3.59. The lowest BCUT2D eigenvalue weighted by Crippen LogP contribution is -2.44. The highest BCUT2D eigenvalue weighted by Gasteiger charge is 2.28. The van der Waals surface area contributed by atoms with Gasteiger partial charge in [-0.15, -0.1) is 11.8 Å². The summed E-state index contributed by atoms with van der Waals surface area (Å²) in [5, 5.41) is 7.21. The molecule has 0 radical (unpaired) electrons. The van der Waals surface area contributed by atoms with Gasteiger partial charge in [0.05, 0.1) is 5.75 Å². The van der Waals surface area contributed by atoms with Gasteiger partial charge in [-0.05, 0) is 31.1 Å². The molecule has 1 aromatic heterocycles. The number of rotatable bonds is 5. The van der Waals surface area contributed by atoms with Crippen molar-refractivity contribution in [3.63, 3.8) is 0 Å². The standard InChI is InChI=1S/C14H16FN3OS/c1-9(10-6-16-7-10)14-17-13(18-19-14)8-20-12-5-3-2-4-11(12)15/h2-5,9-10,16H,6-8H2,1H3. The smallest absolute Gasteiger partial charge is 0.229 e. The number of thioether (sulfide) groups is 1. The largest absolute Gasteiger partial charge is 0.339 e. The second-order valence-corrected chi connectivity index (χ2v) is 5.99. The molecule has 1 aliphatic heterocycles. The Hall–Kier alpha value is -1.40. The molecule has 0 spiro atoms. The molecule has 20 heavy (non-hydrogen) atoms. The van der Waals surface area contributed by atoms with E-state index < -0.39 is 0 Å². The molecule has 0 saturated carbocycles. The molecule has 2 heterocycles. The minimum absolute atomic E-state index is 0.213. The van der Waals surface area contributed by atoms with Crippen LogP contribution >= 0.6 is 11.8 Å². The summed E-state index contributed by atoms with van der Waals surface area (Å²) in [6, 6.07) is 6.71. The van der Waals surface area contributed by atoms with E-state index in [0.717, 1.165) is 13.1 Å². The molecular weight excluding hydrogens is 277 g/mol. The molecule has 1 aliphatic rings. The summed E-state index contributed by atoms with van der Waals surface area (Å²) < 4.78 is 18.8. The van der Waals surface area contributed by atoms with Crippen molar-refractivity contribution in [2.75, 3.05) is 13.1 Å². The highest BCUT2D eigenvalue weighted by molar-refractivity contribution is 7.98. The summed E-state index contributed by atoms with van der Waals surface area (Å²) in [5.74, 6) is 2.45. The Balaban J connectivity index is 1.61. The Labute approximate surface area is 121 Å². The summed E-state index contributed by atoms with van der Waals surface area (Å²) in [5.41, 5.74) is 0. The Kier molecular flexibility index (Phi) is 4.03. The maximum Gasteiger partial charge on any atom is 0.229 e. The summed E-state index contributed by atoms with van der Waals surface area (Å²) in [7, 11) is 0. The van der Waals surface area contributed by atoms with Crippen molar-refractivity contribution in [2.24, 2.45) is 5.92 Å². The average Bonchev–Trinajstić information content (AvgIpc) is 2.84. The van der Waals surface area contributed by atoms with Crippen LogP contribution in [0.4, 0.5) is 4.39 Å². The summed E-state index contributed by atoms with van der Waals surface area (Å²) in [6.45, 7) is 4.11. The second kappa shape index (κ2) is 5.93. The van der Waals surface area contributed by atoms with Crippen molar-refractivity contribution in [1.29, 1.82) is 0 Å². The lowest BCUT2D eigenvalue weighted by atomic mass is 9.89. The van der Waals surface area contributed by atoms with Crippen molar-refractivity contribution in [1.82, 2.24) is 15.5 Å². The number of aromatic nitrogens is 2. The van der Waals surface area contributed by atoms with Crippen molar-refractivity contribution in [3.8, 4) is 0 Å². The predicted octanol–water partition coefficient (Wildman–Crippen LogP) is 2.82. The summed E-state index contributed by atoms with van der Waals surface area (Å²) in [4.78, 5) is 5.02. The fourth-order valence-electron chi connectivity index (χ4n) is 2.08. The van der Waals surface area contributed by atoms with E-state index in [-0.39, 0.29) is 11.7 Å². The van der Waals surface area contributed by atoms with Crippen LogP contribution in [0.3, 0.4) is 0 Å². The van der Waals surface area contributed by atoms with Gasteiger partial charge in [0.25, 0.3) is 0 Å². The number of benzene rings is 1. The van der Waals surface area contributed by atoms with Gasteiger partial charge in [0, 0.05) is 10.8 Å².